The van der Waals surface area contributed by atoms with Gasteiger partial charge in [0.05, 0.1) is 14.2 Å². The molecular formula is C15H16INO2. The van der Waals surface area contributed by atoms with Gasteiger partial charge in [0.1, 0.15) is 11.5 Å². The Morgan fingerprint density at radius 2 is 1.74 bits per heavy atom. The van der Waals surface area contributed by atoms with Gasteiger partial charge >= 0.3 is 0 Å². The van der Waals surface area contributed by atoms with Gasteiger partial charge < -0.3 is 14.8 Å². The third-order valence-corrected chi connectivity index (χ3v) is 3.53. The van der Waals surface area contributed by atoms with E-state index in [0.29, 0.717) is 6.54 Å². The molecule has 0 radical (unpaired) electrons. The summed E-state index contributed by atoms with van der Waals surface area (Å²) in [7, 11) is 3.34. The van der Waals surface area contributed by atoms with Crippen molar-refractivity contribution in [3.8, 4) is 11.5 Å². The number of anilines is 1. The average molecular weight is 369 g/mol. The molecule has 0 unspecified atom stereocenters. The van der Waals surface area contributed by atoms with E-state index < -0.39 is 0 Å². The lowest BCUT2D eigenvalue weighted by molar-refractivity contribution is 0.399. The number of benzene rings is 2. The van der Waals surface area contributed by atoms with E-state index in [1.807, 2.05) is 18.2 Å². The minimum Gasteiger partial charge on any atom is -0.497 e. The number of rotatable bonds is 5. The Morgan fingerprint density at radius 1 is 1.00 bits per heavy atom. The van der Waals surface area contributed by atoms with Crippen LogP contribution in [0, 0.1) is 3.57 Å². The predicted octanol–water partition coefficient (Wildman–Crippen LogP) is 3.92. The first kappa shape index (κ1) is 14.0. The Balaban J connectivity index is 2.11. The van der Waals surface area contributed by atoms with Crippen LogP contribution in [0.4, 0.5) is 5.69 Å². The molecule has 1 N–H and O–H groups in total. The zero-order valence-corrected chi connectivity index (χ0v) is 13.1. The van der Waals surface area contributed by atoms with Crippen molar-refractivity contribution in [2.45, 2.75) is 6.54 Å². The van der Waals surface area contributed by atoms with Crippen molar-refractivity contribution in [1.82, 2.24) is 0 Å². The molecule has 0 fully saturated rings. The van der Waals surface area contributed by atoms with Crippen molar-refractivity contribution in [3.63, 3.8) is 0 Å². The van der Waals surface area contributed by atoms with Gasteiger partial charge in [0.15, 0.2) is 0 Å². The van der Waals surface area contributed by atoms with E-state index in [1.54, 1.807) is 14.2 Å². The molecule has 19 heavy (non-hydrogen) atoms. The van der Waals surface area contributed by atoms with E-state index >= 15 is 0 Å². The third-order valence-electron chi connectivity index (χ3n) is 2.81. The molecule has 0 aliphatic rings. The van der Waals surface area contributed by atoms with Gasteiger partial charge in [0.25, 0.3) is 0 Å². The van der Waals surface area contributed by atoms with Gasteiger partial charge in [0.2, 0.25) is 0 Å². The molecular weight excluding hydrogens is 353 g/mol. The molecule has 3 nitrogen and oxygen atoms in total. The van der Waals surface area contributed by atoms with Crippen LogP contribution in [-0.4, -0.2) is 14.2 Å². The largest absolute Gasteiger partial charge is 0.497 e. The van der Waals surface area contributed by atoms with Crippen molar-refractivity contribution >= 4 is 28.3 Å². The van der Waals surface area contributed by atoms with Crippen LogP contribution in [0.15, 0.2) is 42.5 Å². The Labute approximate surface area is 127 Å². The Kier molecular flexibility index (Phi) is 4.90. The summed E-state index contributed by atoms with van der Waals surface area (Å²) in [6.45, 7) is 0.695. The highest BCUT2D eigenvalue weighted by Gasteiger charge is 2.04. The van der Waals surface area contributed by atoms with Gasteiger partial charge in [-0.25, -0.2) is 0 Å². The maximum Gasteiger partial charge on any atom is 0.124 e. The minimum absolute atomic E-state index is 0.695. The maximum atomic E-state index is 5.36. The number of ether oxygens (including phenoxy) is 2. The number of hydrogen-bond donors (Lipinski definition) is 1. The maximum absolute atomic E-state index is 5.36. The van der Waals surface area contributed by atoms with Crippen molar-refractivity contribution < 1.29 is 9.47 Å². The highest BCUT2D eigenvalue weighted by atomic mass is 127. The smallest absolute Gasteiger partial charge is 0.124 e. The highest BCUT2D eigenvalue weighted by Crippen LogP contribution is 2.25. The van der Waals surface area contributed by atoms with Gasteiger partial charge in [0, 0.05) is 21.4 Å². The molecule has 4 heteroatoms. The fourth-order valence-electron chi connectivity index (χ4n) is 1.79. The molecule has 2 rings (SSSR count). The summed E-state index contributed by atoms with van der Waals surface area (Å²) in [5, 5.41) is 3.38. The second-order valence-electron chi connectivity index (χ2n) is 4.04. The monoisotopic (exact) mass is 369 g/mol. The lowest BCUT2D eigenvalue weighted by atomic mass is 10.2. The summed E-state index contributed by atoms with van der Waals surface area (Å²) in [4.78, 5) is 0. The number of hydrogen-bond acceptors (Lipinski definition) is 3. The van der Waals surface area contributed by atoms with E-state index in [4.69, 9.17) is 9.47 Å². The molecule has 0 atom stereocenters. The summed E-state index contributed by atoms with van der Waals surface area (Å²) >= 11 is 2.29. The molecule has 0 spiro atoms. The van der Waals surface area contributed by atoms with E-state index in [-0.39, 0.29) is 0 Å². The minimum atomic E-state index is 0.695. The zero-order valence-electron chi connectivity index (χ0n) is 10.9. The van der Waals surface area contributed by atoms with Gasteiger partial charge in [-0.3, -0.25) is 0 Å². The molecule has 0 aliphatic carbocycles. The number of methoxy groups -OCH3 is 2. The molecule has 100 valence electrons. The third kappa shape index (κ3) is 3.76. The Morgan fingerprint density at radius 3 is 2.37 bits per heavy atom. The fourth-order valence-corrected chi connectivity index (χ4v) is 2.14. The van der Waals surface area contributed by atoms with Gasteiger partial charge in [-0.15, -0.1) is 0 Å². The fraction of sp³-hybridized carbons (Fsp3) is 0.200. The summed E-state index contributed by atoms with van der Waals surface area (Å²) in [6.07, 6.45) is 0. The standard InChI is InChI=1S/C15H16INO2/c1-18-14-7-8-15(19-2)11(9-14)10-17-13-5-3-12(16)4-6-13/h3-9,17H,10H2,1-2H3. The van der Waals surface area contributed by atoms with Crippen LogP contribution in [0.2, 0.25) is 0 Å². The van der Waals surface area contributed by atoms with Crippen LogP contribution in [0.3, 0.4) is 0 Å². The number of halogens is 1. The predicted molar refractivity (Wildman–Crippen MR) is 86.0 cm³/mol. The molecule has 0 bridgehead atoms. The van der Waals surface area contributed by atoms with Crippen LogP contribution >= 0.6 is 22.6 Å². The van der Waals surface area contributed by atoms with E-state index in [1.165, 1.54) is 3.57 Å². The lowest BCUT2D eigenvalue weighted by Crippen LogP contribution is -2.02. The quantitative estimate of drug-likeness (QED) is 0.811. The molecule has 0 saturated heterocycles. The summed E-state index contributed by atoms with van der Waals surface area (Å²) < 4.78 is 11.8. The van der Waals surface area contributed by atoms with Crippen molar-refractivity contribution in [3.05, 3.63) is 51.6 Å². The van der Waals surface area contributed by atoms with Gasteiger partial charge in [-0.1, -0.05) is 0 Å². The molecule has 2 aromatic carbocycles. The normalized spacial score (nSPS) is 10.1. The topological polar surface area (TPSA) is 30.5 Å². The molecule has 0 aliphatic heterocycles. The van der Waals surface area contributed by atoms with E-state index in [0.717, 1.165) is 22.7 Å². The summed E-state index contributed by atoms with van der Waals surface area (Å²) in [6, 6.07) is 14.1. The molecule has 2 aromatic rings. The van der Waals surface area contributed by atoms with Crippen LogP contribution in [-0.2, 0) is 6.54 Å². The highest BCUT2D eigenvalue weighted by molar-refractivity contribution is 14.1. The summed E-state index contributed by atoms with van der Waals surface area (Å²) in [5.74, 6) is 1.69. The molecule has 0 aromatic heterocycles. The van der Waals surface area contributed by atoms with Crippen molar-refractivity contribution in [2.24, 2.45) is 0 Å². The van der Waals surface area contributed by atoms with Crippen LogP contribution in [0.5, 0.6) is 11.5 Å². The molecule has 0 amide bonds. The molecule has 0 heterocycles. The first-order valence-corrected chi connectivity index (χ1v) is 7.01. The second-order valence-corrected chi connectivity index (χ2v) is 5.28. The first-order chi connectivity index (χ1) is 9.22. The summed E-state index contributed by atoms with van der Waals surface area (Å²) in [5.41, 5.74) is 2.16. The van der Waals surface area contributed by atoms with Crippen LogP contribution in [0.1, 0.15) is 5.56 Å². The van der Waals surface area contributed by atoms with Crippen LogP contribution in [0.25, 0.3) is 0 Å². The zero-order chi connectivity index (χ0) is 13.7. The van der Waals surface area contributed by atoms with Crippen LogP contribution < -0.4 is 14.8 Å². The van der Waals surface area contributed by atoms with Gasteiger partial charge in [-0.2, -0.15) is 0 Å². The average Bonchev–Trinajstić information content (AvgIpc) is 2.46. The van der Waals surface area contributed by atoms with Crippen molar-refractivity contribution in [1.29, 1.82) is 0 Å². The molecule has 0 saturated carbocycles. The van der Waals surface area contributed by atoms with E-state index in [9.17, 15) is 0 Å². The Hall–Kier alpha value is -1.43. The van der Waals surface area contributed by atoms with E-state index in [2.05, 4.69) is 52.2 Å². The second kappa shape index (κ2) is 6.65. The SMILES string of the molecule is COc1ccc(OC)c(CNc2ccc(I)cc2)c1. The first-order valence-electron chi connectivity index (χ1n) is 5.93. The lowest BCUT2D eigenvalue weighted by Gasteiger charge is -2.12. The number of nitrogens with one attached hydrogen (secondary N) is 1. The van der Waals surface area contributed by atoms with Crippen molar-refractivity contribution in [2.75, 3.05) is 19.5 Å². The Bertz CT molecular complexity index is 540. The van der Waals surface area contributed by atoms with Gasteiger partial charge in [-0.05, 0) is 65.1 Å².